The Morgan fingerprint density at radius 1 is 0.920 bits per heavy atom. The number of pyridine rings is 1. The molecule has 1 aromatic carbocycles. The number of anilines is 1. The Hall–Kier alpha value is -4.42. The van der Waals surface area contributed by atoms with Gasteiger partial charge >= 0.3 is 6.03 Å². The Bertz CT molecular complexity index is 1820. The number of aromatic nitrogens is 5. The predicted molar refractivity (Wildman–Crippen MR) is 192 cm³/mol. The van der Waals surface area contributed by atoms with Gasteiger partial charge in [0.15, 0.2) is 17.3 Å². The molecular weight excluding hydrogens is 632 g/mol. The third-order valence-corrected chi connectivity index (χ3v) is 9.28. The SMILES string of the molecule is CC(C)(C)c1cc(NC(=O)N[C@H]2CC[C@@H](Oc3ccc4nnc(C(C)(C)C)n4c3)c3ccccc32)nc(C(=O)CCCCN2CCOCC2)n1. The number of hydrogen-bond donors (Lipinski definition) is 2. The Morgan fingerprint density at radius 3 is 2.42 bits per heavy atom. The van der Waals surface area contributed by atoms with Gasteiger partial charge in [-0.15, -0.1) is 10.2 Å². The fraction of sp³-hybridized carbons (Fsp3) is 0.526. The molecule has 1 aliphatic carbocycles. The van der Waals surface area contributed by atoms with Gasteiger partial charge in [-0.2, -0.15) is 0 Å². The van der Waals surface area contributed by atoms with Crippen molar-refractivity contribution < 1.29 is 19.1 Å². The minimum absolute atomic E-state index is 0.119. The first kappa shape index (κ1) is 35.4. The number of rotatable bonds is 10. The number of ether oxygens (including phenoxy) is 2. The molecule has 0 unspecified atom stereocenters. The van der Waals surface area contributed by atoms with Gasteiger partial charge in [0.2, 0.25) is 0 Å². The quantitative estimate of drug-likeness (QED) is 0.141. The van der Waals surface area contributed by atoms with E-state index in [1.807, 2.05) is 61.7 Å². The van der Waals surface area contributed by atoms with Crippen LogP contribution in [0.2, 0.25) is 0 Å². The molecule has 2 atom stereocenters. The average Bonchev–Trinajstić information content (AvgIpc) is 3.52. The molecule has 1 aliphatic heterocycles. The number of nitrogens with zero attached hydrogens (tertiary/aromatic N) is 6. The minimum Gasteiger partial charge on any atom is -0.484 e. The van der Waals surface area contributed by atoms with Crippen molar-refractivity contribution in [2.75, 3.05) is 38.2 Å². The number of nitrogens with one attached hydrogen (secondary N) is 2. The van der Waals surface area contributed by atoms with E-state index in [0.717, 1.165) is 74.0 Å². The molecule has 2 aliphatic rings. The predicted octanol–water partition coefficient (Wildman–Crippen LogP) is 6.58. The first-order chi connectivity index (χ1) is 23.8. The van der Waals surface area contributed by atoms with E-state index in [0.29, 0.717) is 30.8 Å². The largest absolute Gasteiger partial charge is 0.484 e. The van der Waals surface area contributed by atoms with Crippen LogP contribution in [0, 0.1) is 0 Å². The lowest BCUT2D eigenvalue weighted by Gasteiger charge is -2.32. The van der Waals surface area contributed by atoms with Crippen LogP contribution in [-0.2, 0) is 15.6 Å². The number of carbonyl (C=O) groups is 2. The minimum atomic E-state index is -0.389. The molecule has 4 heterocycles. The molecular formula is C38H50N8O4. The summed E-state index contributed by atoms with van der Waals surface area (Å²) in [6, 6.07) is 13.1. The summed E-state index contributed by atoms with van der Waals surface area (Å²) in [6.45, 7) is 16.8. The summed E-state index contributed by atoms with van der Waals surface area (Å²) in [5, 5.41) is 14.8. The zero-order chi connectivity index (χ0) is 35.5. The molecule has 0 spiro atoms. The summed E-state index contributed by atoms with van der Waals surface area (Å²) in [6.07, 6.45) is 5.19. The molecule has 12 nitrogen and oxygen atoms in total. The van der Waals surface area contributed by atoms with Crippen molar-refractivity contribution in [3.8, 4) is 5.75 Å². The van der Waals surface area contributed by atoms with Crippen LogP contribution in [0.5, 0.6) is 5.75 Å². The molecule has 0 saturated carbocycles. The maximum Gasteiger partial charge on any atom is 0.320 e. The first-order valence-corrected chi connectivity index (χ1v) is 17.8. The topological polar surface area (TPSA) is 136 Å². The van der Waals surface area contributed by atoms with Crippen LogP contribution >= 0.6 is 0 Å². The number of Topliss-reactive ketones (excluding diaryl/α,β-unsaturated/α-hetero) is 1. The van der Waals surface area contributed by atoms with E-state index in [1.54, 1.807) is 6.07 Å². The fourth-order valence-electron chi connectivity index (χ4n) is 6.53. The van der Waals surface area contributed by atoms with Crippen molar-refractivity contribution in [2.24, 2.45) is 0 Å². The van der Waals surface area contributed by atoms with E-state index < -0.39 is 0 Å². The van der Waals surface area contributed by atoms with E-state index in [-0.39, 0.29) is 40.6 Å². The van der Waals surface area contributed by atoms with E-state index in [2.05, 4.69) is 62.5 Å². The second-order valence-electron chi connectivity index (χ2n) is 15.4. The average molecular weight is 683 g/mol. The van der Waals surface area contributed by atoms with Crippen LogP contribution in [0.3, 0.4) is 0 Å². The van der Waals surface area contributed by atoms with Crippen molar-refractivity contribution in [3.05, 3.63) is 77.1 Å². The monoisotopic (exact) mass is 682 g/mol. The third kappa shape index (κ3) is 8.47. The van der Waals surface area contributed by atoms with E-state index >= 15 is 0 Å². The summed E-state index contributed by atoms with van der Waals surface area (Å²) in [5.74, 6) is 1.93. The first-order valence-electron chi connectivity index (χ1n) is 17.8. The number of urea groups is 1. The van der Waals surface area contributed by atoms with Gasteiger partial charge in [0, 0.05) is 36.4 Å². The number of carbonyl (C=O) groups excluding carboxylic acids is 2. The maximum atomic E-state index is 13.5. The Labute approximate surface area is 294 Å². The van der Waals surface area contributed by atoms with Crippen LogP contribution in [0.25, 0.3) is 5.65 Å². The third-order valence-electron chi connectivity index (χ3n) is 9.28. The van der Waals surface area contributed by atoms with Crippen molar-refractivity contribution in [3.63, 3.8) is 0 Å². The molecule has 3 aromatic heterocycles. The van der Waals surface area contributed by atoms with Gasteiger partial charge in [0.05, 0.1) is 31.1 Å². The van der Waals surface area contributed by atoms with Gasteiger partial charge < -0.3 is 14.8 Å². The molecule has 6 rings (SSSR count). The van der Waals surface area contributed by atoms with Crippen LogP contribution < -0.4 is 15.4 Å². The highest BCUT2D eigenvalue weighted by Crippen LogP contribution is 2.39. The van der Waals surface area contributed by atoms with Crippen LogP contribution in [0.1, 0.15) is 119 Å². The smallest absolute Gasteiger partial charge is 0.320 e. The Morgan fingerprint density at radius 2 is 1.68 bits per heavy atom. The Balaban J connectivity index is 1.11. The molecule has 12 heteroatoms. The molecule has 1 saturated heterocycles. The number of hydrogen-bond acceptors (Lipinski definition) is 9. The van der Waals surface area contributed by atoms with E-state index in [9.17, 15) is 9.59 Å². The van der Waals surface area contributed by atoms with Gasteiger partial charge in [0.1, 0.15) is 23.5 Å². The second-order valence-corrected chi connectivity index (χ2v) is 15.4. The van der Waals surface area contributed by atoms with Gasteiger partial charge in [-0.3, -0.25) is 19.4 Å². The van der Waals surface area contributed by atoms with Crippen molar-refractivity contribution in [1.82, 2.24) is 34.8 Å². The molecule has 2 amide bonds. The second kappa shape index (κ2) is 14.8. The van der Waals surface area contributed by atoms with Crippen LogP contribution in [0.15, 0.2) is 48.7 Å². The standard InChI is InChI=1S/C38H50N8O4/c1-37(2,3)31-23-32(41-34(40-31)29(47)13-9-10-18-45-19-21-49-22-20-45)42-36(48)39-28-15-16-30(27-12-8-7-11-26(27)28)50-25-14-17-33-43-44-35(38(4,5)6)46(33)24-25/h7-8,11-12,14,17,23-24,28,30H,9-10,13,15-16,18-22H2,1-6H3,(H2,39,40,41,42,48)/t28-,30+/m0/s1. The number of benzene rings is 1. The fourth-order valence-corrected chi connectivity index (χ4v) is 6.53. The highest BCUT2D eigenvalue weighted by Gasteiger charge is 2.30. The molecule has 1 fully saturated rings. The Kier molecular flexibility index (Phi) is 10.5. The molecule has 0 radical (unpaired) electrons. The van der Waals surface area contributed by atoms with Crippen molar-refractivity contribution in [1.29, 1.82) is 0 Å². The molecule has 0 bridgehead atoms. The van der Waals surface area contributed by atoms with Gasteiger partial charge in [-0.25, -0.2) is 14.8 Å². The van der Waals surface area contributed by atoms with Crippen LogP contribution in [-0.4, -0.2) is 74.1 Å². The highest BCUT2D eigenvalue weighted by molar-refractivity contribution is 5.94. The van der Waals surface area contributed by atoms with Crippen molar-refractivity contribution >= 4 is 23.3 Å². The summed E-state index contributed by atoms with van der Waals surface area (Å²) in [4.78, 5) is 38.2. The number of unbranched alkanes of at least 4 members (excludes halogenated alkanes) is 1. The molecule has 4 aromatic rings. The van der Waals surface area contributed by atoms with Crippen LogP contribution in [0.4, 0.5) is 10.6 Å². The highest BCUT2D eigenvalue weighted by atomic mass is 16.5. The molecule has 50 heavy (non-hydrogen) atoms. The van der Waals surface area contributed by atoms with Gasteiger partial charge in [0.25, 0.3) is 0 Å². The van der Waals surface area contributed by atoms with Crippen molar-refractivity contribution in [2.45, 2.75) is 96.6 Å². The zero-order valence-corrected chi connectivity index (χ0v) is 30.2. The number of morpholine rings is 1. The summed E-state index contributed by atoms with van der Waals surface area (Å²) >= 11 is 0. The molecule has 2 N–H and O–H groups in total. The van der Waals surface area contributed by atoms with Gasteiger partial charge in [-0.1, -0.05) is 65.8 Å². The summed E-state index contributed by atoms with van der Waals surface area (Å²) in [5.41, 5.74) is 2.99. The van der Waals surface area contributed by atoms with E-state index in [4.69, 9.17) is 9.47 Å². The summed E-state index contributed by atoms with van der Waals surface area (Å²) in [7, 11) is 0. The molecule has 266 valence electrons. The lowest BCUT2D eigenvalue weighted by atomic mass is 9.85. The van der Waals surface area contributed by atoms with Gasteiger partial charge in [-0.05, 0) is 55.5 Å². The lowest BCUT2D eigenvalue weighted by molar-refractivity contribution is 0.0371. The normalized spacial score (nSPS) is 18.4. The maximum absolute atomic E-state index is 13.5. The lowest BCUT2D eigenvalue weighted by Crippen LogP contribution is -2.36. The number of amides is 2. The zero-order valence-electron chi connectivity index (χ0n) is 30.2. The number of ketones is 1. The summed E-state index contributed by atoms with van der Waals surface area (Å²) < 4.78 is 14.0. The number of fused-ring (bicyclic) bond motifs is 2. The van der Waals surface area contributed by atoms with E-state index in [1.165, 1.54) is 0 Å².